The Hall–Kier alpha value is -4.45. The van der Waals surface area contributed by atoms with Crippen LogP contribution < -0.4 is 14.2 Å². The Morgan fingerprint density at radius 1 is 0.984 bits per heavy atom. The molecule has 8 rings (SSSR count). The van der Waals surface area contributed by atoms with Gasteiger partial charge < -0.3 is 48.8 Å². The second-order valence-electron chi connectivity index (χ2n) is 18.9. The minimum absolute atomic E-state index is 0.0126. The molecule has 4 aliphatic heterocycles. The third-order valence-corrected chi connectivity index (χ3v) is 13.8. The first-order valence-corrected chi connectivity index (χ1v) is 21.3. The summed E-state index contributed by atoms with van der Waals surface area (Å²) in [5.74, 6) is -5.82. The molecule has 2 saturated heterocycles. The van der Waals surface area contributed by atoms with Gasteiger partial charge in [0, 0.05) is 40.2 Å². The van der Waals surface area contributed by atoms with Gasteiger partial charge in [-0.1, -0.05) is 29.4 Å². The number of nitrogens with zero attached hydrogens (tertiary/aromatic N) is 1. The lowest BCUT2D eigenvalue weighted by Gasteiger charge is -2.62. The first-order chi connectivity index (χ1) is 29.1. The molecular formula is C46H59NO15. The number of ketones is 2. The molecule has 16 nitrogen and oxygen atoms in total. The molecule has 1 aromatic carbocycles. The predicted molar refractivity (Wildman–Crippen MR) is 222 cm³/mol. The SMILES string of the molecule is COC(=O)C(C)=CCC12OC(C)(C)C3CC(C1=O)C(C[N+](=O)[O-])C1C(=O)c4c(O[C@@H]5O[C@H](CO)[C@@H](O)[C@@H](O)[C@H]5O)c5c(c(CC=C(C)C)c4OC132)OC(C)(CCC=C(C)C)C=C5. The van der Waals surface area contributed by atoms with Gasteiger partial charge in [-0.3, -0.25) is 19.7 Å². The zero-order chi connectivity index (χ0) is 45.4. The highest BCUT2D eigenvalue weighted by Gasteiger charge is 2.86. The number of carbonyl (C=O) groups is 3. The molecule has 3 saturated carbocycles. The number of aliphatic hydroxyl groups excluding tert-OH is 4. The smallest absolute Gasteiger partial charge is 0.333 e. The second kappa shape index (κ2) is 16.3. The third-order valence-electron chi connectivity index (χ3n) is 13.8. The number of benzene rings is 1. The van der Waals surface area contributed by atoms with Crippen LogP contribution in [-0.4, -0.2) is 116 Å². The topological polar surface area (TPSA) is 231 Å². The number of Topliss-reactive ketones (excluding diaryl/α,β-unsaturated/α-hetero) is 2. The maximum Gasteiger partial charge on any atom is 0.333 e. The maximum absolute atomic E-state index is 16.0. The van der Waals surface area contributed by atoms with E-state index in [4.69, 9.17) is 28.4 Å². The summed E-state index contributed by atoms with van der Waals surface area (Å²) in [7, 11) is 1.23. The molecule has 4 heterocycles. The minimum Gasteiger partial charge on any atom is -0.482 e. The largest absolute Gasteiger partial charge is 0.482 e. The van der Waals surface area contributed by atoms with Crippen molar-refractivity contribution in [3.8, 4) is 17.2 Å². The van der Waals surface area contributed by atoms with E-state index in [0.29, 0.717) is 18.4 Å². The fourth-order valence-corrected chi connectivity index (χ4v) is 10.9. The van der Waals surface area contributed by atoms with Crippen molar-refractivity contribution >= 4 is 23.6 Å². The van der Waals surface area contributed by atoms with Gasteiger partial charge in [0.2, 0.25) is 12.8 Å². The molecule has 0 radical (unpaired) electrons. The van der Waals surface area contributed by atoms with Crippen LogP contribution in [0.15, 0.2) is 41.0 Å². The molecule has 1 aromatic rings. The Bertz CT molecular complexity index is 2160. The Labute approximate surface area is 360 Å². The summed E-state index contributed by atoms with van der Waals surface area (Å²) in [6.07, 6.45) is 1.91. The summed E-state index contributed by atoms with van der Waals surface area (Å²) < 4.78 is 38.6. The van der Waals surface area contributed by atoms with Crippen LogP contribution >= 0.6 is 0 Å². The average Bonchev–Trinajstić information content (AvgIpc) is 3.34. The first-order valence-electron chi connectivity index (χ1n) is 21.3. The molecule has 4 N–H and O–H groups in total. The number of allylic oxidation sites excluding steroid dienone is 4. The Kier molecular flexibility index (Phi) is 12.0. The zero-order valence-corrected chi connectivity index (χ0v) is 36.8. The van der Waals surface area contributed by atoms with E-state index in [9.17, 15) is 35.3 Å². The van der Waals surface area contributed by atoms with E-state index >= 15 is 9.59 Å². The molecule has 5 fully saturated rings. The lowest BCUT2D eigenvalue weighted by molar-refractivity contribution is -0.494. The van der Waals surface area contributed by atoms with Crippen molar-refractivity contribution in [1.82, 2.24) is 0 Å². The van der Waals surface area contributed by atoms with E-state index in [1.807, 2.05) is 46.8 Å². The summed E-state index contributed by atoms with van der Waals surface area (Å²) >= 11 is 0. The molecule has 1 spiro atoms. The quantitative estimate of drug-likeness (QED) is 0.0709. The number of carbonyl (C=O) groups excluding carboxylic acids is 3. The predicted octanol–water partition coefficient (Wildman–Crippen LogP) is 4.38. The molecular weight excluding hydrogens is 806 g/mol. The number of ether oxygens (including phenoxy) is 6. The highest BCUT2D eigenvalue weighted by atomic mass is 16.7. The molecule has 3 aliphatic carbocycles. The summed E-state index contributed by atoms with van der Waals surface area (Å²) in [5, 5.41) is 55.3. The van der Waals surface area contributed by atoms with Crippen molar-refractivity contribution in [1.29, 1.82) is 0 Å². The fourth-order valence-electron chi connectivity index (χ4n) is 10.9. The number of nitro groups is 1. The number of aliphatic hydroxyl groups is 4. The van der Waals surface area contributed by atoms with Gasteiger partial charge in [0.1, 0.15) is 52.8 Å². The van der Waals surface area contributed by atoms with Gasteiger partial charge in [0.25, 0.3) is 0 Å². The van der Waals surface area contributed by atoms with Crippen molar-refractivity contribution in [3.05, 3.63) is 67.8 Å². The number of rotatable bonds is 13. The number of fused-ring (bicyclic) bond motifs is 2. The fraction of sp³-hybridized carbons (Fsp3) is 0.630. The van der Waals surface area contributed by atoms with Gasteiger partial charge >= 0.3 is 5.97 Å². The van der Waals surface area contributed by atoms with E-state index in [-0.39, 0.29) is 53.2 Å². The number of hydrogen-bond acceptors (Lipinski definition) is 15. The van der Waals surface area contributed by atoms with Crippen molar-refractivity contribution < 1.29 is 68.2 Å². The van der Waals surface area contributed by atoms with Gasteiger partial charge in [0.15, 0.2) is 22.8 Å². The first kappa shape index (κ1) is 45.6. The molecule has 62 heavy (non-hydrogen) atoms. The van der Waals surface area contributed by atoms with E-state index < -0.39 is 112 Å². The molecule has 12 atom stereocenters. The Morgan fingerprint density at radius 3 is 2.31 bits per heavy atom. The second-order valence-corrected chi connectivity index (χ2v) is 18.9. The molecule has 0 aromatic heterocycles. The molecule has 338 valence electrons. The van der Waals surface area contributed by atoms with Gasteiger partial charge in [-0.15, -0.1) is 0 Å². The number of hydrogen-bond donors (Lipinski definition) is 4. The lowest BCUT2D eigenvalue weighted by atomic mass is 9.43. The summed E-state index contributed by atoms with van der Waals surface area (Å²) in [6, 6.07) is 0. The van der Waals surface area contributed by atoms with E-state index in [0.717, 1.165) is 11.1 Å². The van der Waals surface area contributed by atoms with Crippen LogP contribution in [0.25, 0.3) is 6.08 Å². The van der Waals surface area contributed by atoms with Crippen molar-refractivity contribution in [3.63, 3.8) is 0 Å². The van der Waals surface area contributed by atoms with Crippen LogP contribution in [0, 0.1) is 33.8 Å². The van der Waals surface area contributed by atoms with Crippen molar-refractivity contribution in [2.45, 2.75) is 141 Å². The summed E-state index contributed by atoms with van der Waals surface area (Å²) in [6.45, 7) is 13.4. The van der Waals surface area contributed by atoms with Crippen molar-refractivity contribution in [2.24, 2.45) is 23.7 Å². The van der Waals surface area contributed by atoms with E-state index in [1.165, 1.54) is 20.1 Å². The van der Waals surface area contributed by atoms with Crippen molar-refractivity contribution in [2.75, 3.05) is 20.3 Å². The van der Waals surface area contributed by atoms with Crippen LogP contribution in [0.3, 0.4) is 0 Å². The maximum atomic E-state index is 16.0. The minimum atomic E-state index is -1.90. The van der Waals surface area contributed by atoms with Crippen LogP contribution in [0.4, 0.5) is 0 Å². The normalized spacial score (nSPS) is 36.1. The van der Waals surface area contributed by atoms with Gasteiger partial charge in [-0.25, -0.2) is 4.79 Å². The van der Waals surface area contributed by atoms with E-state index in [1.54, 1.807) is 19.9 Å². The molecule has 0 amide bonds. The van der Waals surface area contributed by atoms with Gasteiger partial charge in [-0.2, -0.15) is 0 Å². The van der Waals surface area contributed by atoms with Crippen LogP contribution in [0.2, 0.25) is 0 Å². The standard InChI is InChI=1S/C46H59NO15/c1-22(2)11-10-16-44(8)17-15-26-37(60-44)25(13-12-23(3)4)39-31(38(26)59-42-36(52)35(51)33(49)29(21-48)58-42)34(50)32-28(20-47(55)56)27-19-30-43(6,7)62-45(40(27)53,46(30,32)61-39)18-14-24(5)41(54)57-9/h11-12,14-15,17,27-30,32-33,35-36,42,48-49,51-52H,10,13,16,18-21H2,1-9H3/t27?,28?,29-,30?,32?,33-,35-,36-,42+,44?,45?,46?/m1/s1. The van der Waals surface area contributed by atoms with E-state index in [2.05, 4.69) is 6.08 Å². The van der Waals surface area contributed by atoms with Crippen LogP contribution in [-0.2, 0) is 30.2 Å². The van der Waals surface area contributed by atoms with Crippen LogP contribution in [0.1, 0.15) is 103 Å². The third kappa shape index (κ3) is 7.10. The van der Waals surface area contributed by atoms with Gasteiger partial charge in [-0.05, 0) is 93.2 Å². The molecule has 7 unspecified atom stereocenters. The molecule has 4 bridgehead atoms. The Balaban J connectivity index is 1.54. The lowest BCUT2D eigenvalue weighted by Crippen LogP contribution is -2.79. The van der Waals surface area contributed by atoms with Crippen LogP contribution in [0.5, 0.6) is 17.2 Å². The molecule has 7 aliphatic rings. The summed E-state index contributed by atoms with van der Waals surface area (Å²) in [4.78, 5) is 55.9. The Morgan fingerprint density at radius 2 is 1.68 bits per heavy atom. The molecule has 16 heteroatoms. The highest BCUT2D eigenvalue weighted by Crippen LogP contribution is 2.72. The summed E-state index contributed by atoms with van der Waals surface area (Å²) in [5.41, 5.74) is -2.97. The monoisotopic (exact) mass is 865 g/mol. The highest BCUT2D eigenvalue weighted by molar-refractivity contribution is 6.10. The zero-order valence-electron chi connectivity index (χ0n) is 36.8. The van der Waals surface area contributed by atoms with Gasteiger partial charge in [0.05, 0.1) is 30.8 Å². The number of esters is 1. The average molecular weight is 866 g/mol. The number of methoxy groups -OCH3 is 1.